The fourth-order valence-corrected chi connectivity index (χ4v) is 6.68. The molecule has 0 saturated carbocycles. The number of nitrogens with one attached hydrogen (secondary N) is 2. The zero-order valence-corrected chi connectivity index (χ0v) is 26.5. The van der Waals surface area contributed by atoms with Crippen molar-refractivity contribution in [2.75, 3.05) is 11.9 Å². The number of amides is 2. The molecular weight excluding hydrogens is 590 g/mol. The first kappa shape index (κ1) is 30.4. The Labute approximate surface area is 256 Å². The van der Waals surface area contributed by atoms with Crippen LogP contribution in [-0.4, -0.2) is 37.5 Å². The molecular formula is C32H34ClN3O6S. The van der Waals surface area contributed by atoms with Crippen LogP contribution < -0.4 is 19.5 Å². The molecule has 2 heterocycles. The van der Waals surface area contributed by atoms with E-state index in [0.29, 0.717) is 30.8 Å². The predicted octanol–water partition coefficient (Wildman–Crippen LogP) is 6.14. The average Bonchev–Trinajstić information content (AvgIpc) is 3.18. The number of hydrogen-bond acceptors (Lipinski definition) is 6. The van der Waals surface area contributed by atoms with Crippen molar-refractivity contribution >= 4 is 50.0 Å². The number of nitrogens with zero attached hydrogens (tertiary/aromatic N) is 1. The zero-order chi connectivity index (χ0) is 31.2. The van der Waals surface area contributed by atoms with E-state index in [9.17, 15) is 18.0 Å². The van der Waals surface area contributed by atoms with Crippen LogP contribution in [-0.2, 0) is 21.4 Å². The van der Waals surface area contributed by atoms with Gasteiger partial charge in [-0.15, -0.1) is 0 Å². The van der Waals surface area contributed by atoms with Crippen molar-refractivity contribution < 1.29 is 27.5 Å². The summed E-state index contributed by atoms with van der Waals surface area (Å²) in [6, 6.07) is 11.9. The van der Waals surface area contributed by atoms with E-state index in [4.69, 9.17) is 21.1 Å². The van der Waals surface area contributed by atoms with Gasteiger partial charge in [0.15, 0.2) is 6.10 Å². The van der Waals surface area contributed by atoms with Crippen LogP contribution in [0.4, 0.5) is 5.69 Å². The Balaban J connectivity index is 1.34. The number of aromatic nitrogens is 1. The van der Waals surface area contributed by atoms with Crippen molar-refractivity contribution in [3.05, 3.63) is 81.0 Å². The van der Waals surface area contributed by atoms with Crippen LogP contribution >= 0.6 is 11.6 Å². The molecule has 0 radical (unpaired) electrons. The fourth-order valence-electron chi connectivity index (χ4n) is 5.35. The number of benzene rings is 3. The van der Waals surface area contributed by atoms with Crippen molar-refractivity contribution in [2.24, 2.45) is 0 Å². The molecule has 4 aromatic rings. The van der Waals surface area contributed by atoms with Crippen molar-refractivity contribution in [1.29, 1.82) is 0 Å². The third-order valence-electron chi connectivity index (χ3n) is 7.83. The number of rotatable bonds is 8. The van der Waals surface area contributed by atoms with E-state index in [0.717, 1.165) is 44.1 Å². The first-order chi connectivity index (χ1) is 20.3. The molecule has 0 bridgehead atoms. The van der Waals surface area contributed by atoms with Gasteiger partial charge in [0.2, 0.25) is 0 Å². The van der Waals surface area contributed by atoms with Gasteiger partial charge in [-0.2, -0.15) is 0 Å². The first-order valence-corrected chi connectivity index (χ1v) is 15.8. The predicted molar refractivity (Wildman–Crippen MR) is 167 cm³/mol. The molecule has 3 aromatic carbocycles. The Kier molecular flexibility index (Phi) is 8.20. The normalized spacial score (nSPS) is 14.7. The van der Waals surface area contributed by atoms with Crippen LogP contribution in [0.15, 0.2) is 47.4 Å². The summed E-state index contributed by atoms with van der Waals surface area (Å²) in [6.07, 6.45) is -0.0541. The molecule has 2 amide bonds. The summed E-state index contributed by atoms with van der Waals surface area (Å²) in [7, 11) is -4.25. The van der Waals surface area contributed by atoms with Gasteiger partial charge in [-0.1, -0.05) is 17.7 Å². The van der Waals surface area contributed by atoms with E-state index in [2.05, 4.69) is 14.6 Å². The van der Waals surface area contributed by atoms with E-state index in [1.54, 1.807) is 26.0 Å². The minimum atomic E-state index is -4.25. The number of carbonyl (C=O) groups is 2. The van der Waals surface area contributed by atoms with Gasteiger partial charge in [-0.05, 0) is 101 Å². The summed E-state index contributed by atoms with van der Waals surface area (Å²) in [5.41, 5.74) is 5.86. The Hall–Kier alpha value is -4.02. The van der Waals surface area contributed by atoms with Crippen LogP contribution in [0.1, 0.15) is 51.7 Å². The molecule has 9 nitrogen and oxygen atoms in total. The number of anilines is 1. The number of hydrogen-bond donors (Lipinski definition) is 2. The lowest BCUT2D eigenvalue weighted by molar-refractivity contribution is -0.122. The van der Waals surface area contributed by atoms with Crippen LogP contribution in [0.25, 0.3) is 10.9 Å². The second kappa shape index (κ2) is 11.6. The molecule has 0 fully saturated rings. The van der Waals surface area contributed by atoms with Crippen LogP contribution in [0.5, 0.6) is 11.5 Å². The van der Waals surface area contributed by atoms with Crippen molar-refractivity contribution in [1.82, 2.24) is 9.29 Å². The largest absolute Gasteiger partial charge is 0.494 e. The highest BCUT2D eigenvalue weighted by Gasteiger charge is 2.28. The molecule has 2 N–H and O–H groups in total. The molecule has 226 valence electrons. The van der Waals surface area contributed by atoms with E-state index in [-0.39, 0.29) is 22.1 Å². The van der Waals surface area contributed by atoms with Crippen LogP contribution in [0.3, 0.4) is 0 Å². The molecule has 43 heavy (non-hydrogen) atoms. The topological polar surface area (TPSA) is 116 Å². The molecule has 1 aliphatic heterocycles. The van der Waals surface area contributed by atoms with Gasteiger partial charge in [-0.25, -0.2) is 13.1 Å². The van der Waals surface area contributed by atoms with E-state index in [1.165, 1.54) is 12.1 Å². The molecule has 1 unspecified atom stereocenters. The standard InChI is InChI=1S/C32H34ClN3O6S/c1-17-14-26-28(42-22(6)31(37)34-26)16-29(17)43(39,40)35-32(38)23-8-9-25-20(4)21(5)36(27(25)15-23)10-7-11-41-24-12-18(2)30(33)19(3)13-24/h8-9,12-16,22H,7,10-11H2,1-6H3,(H,34,37)(H,35,38). The molecule has 0 spiro atoms. The summed E-state index contributed by atoms with van der Waals surface area (Å²) >= 11 is 6.27. The van der Waals surface area contributed by atoms with Crippen molar-refractivity contribution in [3.63, 3.8) is 0 Å². The second-order valence-electron chi connectivity index (χ2n) is 11.0. The summed E-state index contributed by atoms with van der Waals surface area (Å²) in [4.78, 5) is 25.1. The fraction of sp³-hybridized carbons (Fsp3) is 0.312. The highest BCUT2D eigenvalue weighted by molar-refractivity contribution is 7.90. The lowest BCUT2D eigenvalue weighted by Crippen LogP contribution is -2.35. The van der Waals surface area contributed by atoms with Gasteiger partial charge in [0, 0.05) is 39.8 Å². The maximum Gasteiger partial charge on any atom is 0.265 e. The van der Waals surface area contributed by atoms with Gasteiger partial charge >= 0.3 is 0 Å². The van der Waals surface area contributed by atoms with Gasteiger partial charge in [-0.3, -0.25) is 9.59 Å². The minimum Gasteiger partial charge on any atom is -0.494 e. The quantitative estimate of drug-likeness (QED) is 0.228. The highest BCUT2D eigenvalue weighted by atomic mass is 35.5. The molecule has 0 saturated heterocycles. The minimum absolute atomic E-state index is 0.106. The van der Waals surface area contributed by atoms with E-state index >= 15 is 0 Å². The average molecular weight is 624 g/mol. The van der Waals surface area contributed by atoms with Crippen molar-refractivity contribution in [3.8, 4) is 11.5 Å². The lowest BCUT2D eigenvalue weighted by Gasteiger charge is -2.24. The zero-order valence-electron chi connectivity index (χ0n) is 24.9. The Morgan fingerprint density at radius 3 is 2.44 bits per heavy atom. The number of halogens is 1. The third kappa shape index (κ3) is 5.94. The molecule has 0 aliphatic carbocycles. The molecule has 5 rings (SSSR count). The molecule has 1 aliphatic rings. The van der Waals surface area contributed by atoms with E-state index < -0.39 is 22.0 Å². The number of carbonyl (C=O) groups excluding carboxylic acids is 2. The second-order valence-corrected chi connectivity index (χ2v) is 13.0. The number of fused-ring (bicyclic) bond motifs is 2. The maximum absolute atomic E-state index is 13.3. The first-order valence-electron chi connectivity index (χ1n) is 13.9. The lowest BCUT2D eigenvalue weighted by atomic mass is 10.1. The highest BCUT2D eigenvalue weighted by Crippen LogP contribution is 2.34. The van der Waals surface area contributed by atoms with Crippen LogP contribution in [0, 0.1) is 34.6 Å². The molecule has 11 heteroatoms. The molecule has 1 aromatic heterocycles. The Bertz CT molecular complexity index is 1870. The smallest absolute Gasteiger partial charge is 0.265 e. The van der Waals surface area contributed by atoms with E-state index in [1.807, 2.05) is 45.9 Å². The van der Waals surface area contributed by atoms with Gasteiger partial charge in [0.05, 0.1) is 17.2 Å². The van der Waals surface area contributed by atoms with Gasteiger partial charge < -0.3 is 19.4 Å². The Morgan fingerprint density at radius 1 is 1.05 bits per heavy atom. The van der Waals surface area contributed by atoms with Crippen molar-refractivity contribution in [2.45, 2.75) is 65.5 Å². The number of sulfonamides is 1. The Morgan fingerprint density at radius 2 is 1.74 bits per heavy atom. The SMILES string of the molecule is Cc1cc2c(cc1S(=O)(=O)NC(=O)c1ccc3c(C)c(C)n(CCCOc4cc(C)c(Cl)c(C)c4)c3c1)OC(C)C(=O)N2. The van der Waals surface area contributed by atoms with Gasteiger partial charge in [0.25, 0.3) is 21.8 Å². The number of aryl methyl sites for hydroxylation is 5. The summed E-state index contributed by atoms with van der Waals surface area (Å²) in [5.74, 6) is -0.0759. The maximum atomic E-state index is 13.3. The number of ether oxygens (including phenoxy) is 2. The monoisotopic (exact) mass is 623 g/mol. The van der Waals surface area contributed by atoms with Gasteiger partial charge in [0.1, 0.15) is 11.5 Å². The summed E-state index contributed by atoms with van der Waals surface area (Å²) < 4.78 is 42.5. The van der Waals surface area contributed by atoms with Crippen LogP contribution in [0.2, 0.25) is 5.02 Å². The summed E-state index contributed by atoms with van der Waals surface area (Å²) in [5, 5.41) is 4.42. The third-order valence-corrected chi connectivity index (χ3v) is 9.90. The summed E-state index contributed by atoms with van der Waals surface area (Å²) in [6.45, 7) is 12.2. The molecule has 1 atom stereocenters.